The van der Waals surface area contributed by atoms with E-state index in [2.05, 4.69) is 39.4 Å². The predicted molar refractivity (Wildman–Crippen MR) is 554 cm³/mol. The third kappa shape index (κ3) is 36.6. The number of methoxy groups -OCH3 is 4. The number of fused-ring (bicyclic) bond motifs is 4. The largest absolute Gasteiger partial charge is 0.493 e. The lowest BCUT2D eigenvalue weighted by Gasteiger charge is -2.41. The number of carbonyl (C=O) groups is 15. The van der Waals surface area contributed by atoms with Crippen LogP contribution in [0.25, 0.3) is 0 Å². The van der Waals surface area contributed by atoms with E-state index in [1.54, 1.807) is 59.7 Å². The quantitative estimate of drug-likeness (QED) is 0.0177. The van der Waals surface area contributed by atoms with Gasteiger partial charge in [0.05, 0.1) is 170 Å². The Morgan fingerprint density at radius 2 is 1.20 bits per heavy atom. The third-order valence-corrected chi connectivity index (χ3v) is 28.2. The van der Waals surface area contributed by atoms with Crippen LogP contribution >= 0.6 is 0 Å². The number of hydrogen-bond acceptors (Lipinski definition) is 26. The highest BCUT2D eigenvalue weighted by Crippen LogP contribution is 2.42. The van der Waals surface area contributed by atoms with Gasteiger partial charge in [-0.25, -0.2) is 0 Å². The Balaban J connectivity index is 0.674. The number of anilines is 1. The maximum Gasteiger partial charge on any atom is 0.309 e. The van der Waals surface area contributed by atoms with E-state index in [1.165, 1.54) is 38.2 Å². The lowest BCUT2D eigenvalue weighted by Crippen LogP contribution is -2.54. The van der Waals surface area contributed by atoms with Gasteiger partial charge in [0.2, 0.25) is 47.3 Å². The second-order valence-electron chi connectivity index (χ2n) is 39.6. The molecule has 3 aromatic rings. The first-order valence-corrected chi connectivity index (χ1v) is 52.0. The molecule has 12 atom stereocenters. The second-order valence-corrected chi connectivity index (χ2v) is 39.6. The smallest absolute Gasteiger partial charge is 0.309 e. The van der Waals surface area contributed by atoms with Gasteiger partial charge in [-0.15, -0.1) is 6.42 Å². The fourth-order valence-electron chi connectivity index (χ4n) is 19.7. The zero-order chi connectivity index (χ0) is 108. The Bertz CT molecular complexity index is 5040. The summed E-state index contributed by atoms with van der Waals surface area (Å²) in [6.45, 7) is 28.5. The number of unbranched alkanes of at least 4 members (excludes halogenated alkanes) is 3. The Hall–Kier alpha value is -11.8. The molecule has 0 radical (unpaired) electrons. The molecule has 3 aromatic carbocycles. The summed E-state index contributed by atoms with van der Waals surface area (Å²) in [4.78, 5) is 220. The van der Waals surface area contributed by atoms with Gasteiger partial charge < -0.3 is 103 Å². The molecule has 8 rings (SSSR count). The Kier molecular flexibility index (Phi) is 50.6. The van der Waals surface area contributed by atoms with E-state index in [4.69, 9.17) is 53.8 Å². The predicted octanol–water partition coefficient (Wildman–Crippen LogP) is 9.71. The maximum absolute atomic E-state index is 14.9. The van der Waals surface area contributed by atoms with Crippen LogP contribution in [0, 0.1) is 54.8 Å². The van der Waals surface area contributed by atoms with Crippen LogP contribution < -0.4 is 40.4 Å². The highest BCUT2D eigenvalue weighted by Gasteiger charge is 2.46. The Morgan fingerprint density at radius 3 is 1.82 bits per heavy atom. The highest BCUT2D eigenvalue weighted by atomic mass is 16.5. The molecule has 0 aromatic heterocycles. The van der Waals surface area contributed by atoms with Gasteiger partial charge in [-0.1, -0.05) is 110 Å². The summed E-state index contributed by atoms with van der Waals surface area (Å²) in [6.07, 6.45) is 11.7. The molecule has 0 spiro atoms. The molecule has 3 fully saturated rings. The molecule has 0 saturated carbocycles. The summed E-state index contributed by atoms with van der Waals surface area (Å²) in [5.41, 5.74) is 5.47. The standard InChI is InChI=1S/C110H160N12O25/c1-19-75(9)105(95(139-16)66-103(133)119-44-30-33-87(119)106(140-17)77(11)90(124)61-80(110(137)141-18)60-79-31-23-21-24-32-79)117(14)107(134)83(71(3)4)62-91(125)104(72(5)6)116(13)100(130)35-26-25-34-89(123)78(12)115-99(129)39-49-142-53-55-144-51-42-112-97(127)37-45-118(101(131)36-29-41-111-96(126)20-2)46-38-98(128)113-43-52-145-56-54-143-50-40-102(132)122-70-82-58-74(8)69-121(82)109(136)85-63-93(138-15)94(65-88(85)122)147-48-28-22-27-47-146-92-64-86-84(59-76(92)10)108(135)120-68-73(7)57-81(120)67-114-86/h2,21,23-24,31-32,59,63-65,67,71-72,75,77-78,80-83,87,95,104-106H,7-8,19,22,25-30,33-58,60-62,66,68-70H2,1,3-6,9-18H3,(H,111,126)(H,112,127)(H,113,128)(H,115,129)/t75-,77-,78?,80+,81-,82-,83-,87-,95+,104-,105-,106+/m0/s1. The van der Waals surface area contributed by atoms with Gasteiger partial charge in [0.25, 0.3) is 17.7 Å². The van der Waals surface area contributed by atoms with Crippen molar-refractivity contribution in [2.24, 2.45) is 40.5 Å². The van der Waals surface area contributed by atoms with Crippen molar-refractivity contribution in [3.8, 4) is 29.6 Å². The minimum atomic E-state index is -0.862. The van der Waals surface area contributed by atoms with Crippen molar-refractivity contribution in [2.75, 3.05) is 172 Å². The second kappa shape index (κ2) is 61.8. The molecule has 1 unspecified atom stereocenters. The number of rotatable bonds is 67. The number of aryl methyl sites for hydroxylation is 1. The Labute approximate surface area is 867 Å². The first-order chi connectivity index (χ1) is 70.4. The number of esters is 1. The van der Waals surface area contributed by atoms with Crippen LogP contribution in [0.1, 0.15) is 222 Å². The highest BCUT2D eigenvalue weighted by molar-refractivity contribution is 6.08. The summed E-state index contributed by atoms with van der Waals surface area (Å²) in [7, 11) is 9.10. The third-order valence-electron chi connectivity index (χ3n) is 28.2. The van der Waals surface area contributed by atoms with Gasteiger partial charge in [0.1, 0.15) is 11.5 Å². The molecule has 5 aliphatic rings. The fourth-order valence-corrected chi connectivity index (χ4v) is 19.7. The number of aliphatic imine (C=N–C) groups is 1. The lowest BCUT2D eigenvalue weighted by molar-refractivity contribution is -0.150. The van der Waals surface area contributed by atoms with Crippen molar-refractivity contribution in [3.05, 3.63) is 101 Å². The van der Waals surface area contributed by atoms with E-state index < -0.39 is 71.9 Å². The molecule has 5 aliphatic heterocycles. The summed E-state index contributed by atoms with van der Waals surface area (Å²) in [5.74, 6) is -4.26. The number of nitrogens with zero attached hydrogens (tertiary/aromatic N) is 8. The molecule has 5 heterocycles. The summed E-state index contributed by atoms with van der Waals surface area (Å²) in [5, 5.41) is 10.8. The average molecular weight is 2050 g/mol. The molecule has 3 saturated heterocycles. The van der Waals surface area contributed by atoms with E-state index in [-0.39, 0.29) is 263 Å². The molecule has 37 nitrogen and oxygen atoms in total. The number of benzene rings is 3. The molecular formula is C110H160N12O25. The normalized spacial score (nSPS) is 17.1. The number of likely N-dealkylation sites (N-methyl/N-ethyl adjacent to an activating group) is 2. The van der Waals surface area contributed by atoms with Crippen molar-refractivity contribution in [2.45, 2.75) is 252 Å². The molecular weight excluding hydrogens is 1890 g/mol. The van der Waals surface area contributed by atoms with E-state index in [0.717, 1.165) is 35.1 Å². The van der Waals surface area contributed by atoms with Crippen molar-refractivity contribution in [1.82, 2.24) is 50.7 Å². The number of terminal acetylenes is 1. The van der Waals surface area contributed by atoms with E-state index in [0.29, 0.717) is 130 Å². The first-order valence-electron chi connectivity index (χ1n) is 52.0. The fraction of sp³-hybridized carbons (Fsp3) is 0.636. The average Bonchev–Trinajstić information content (AvgIpc) is 1.63. The molecule has 147 heavy (non-hydrogen) atoms. The van der Waals surface area contributed by atoms with Crippen LogP contribution in [-0.2, 0) is 102 Å². The molecule has 37 heteroatoms. The van der Waals surface area contributed by atoms with Crippen molar-refractivity contribution in [1.29, 1.82) is 0 Å². The minimum Gasteiger partial charge on any atom is -0.493 e. The molecule has 0 bridgehead atoms. The van der Waals surface area contributed by atoms with Gasteiger partial charge in [0, 0.05) is 169 Å². The van der Waals surface area contributed by atoms with Crippen LogP contribution in [0.15, 0.2) is 83.9 Å². The van der Waals surface area contributed by atoms with Crippen LogP contribution in [0.3, 0.4) is 0 Å². The van der Waals surface area contributed by atoms with Crippen LogP contribution in [0.2, 0.25) is 0 Å². The van der Waals surface area contributed by atoms with Crippen LogP contribution in [0.4, 0.5) is 11.4 Å². The number of amides is 11. The lowest BCUT2D eigenvalue weighted by atomic mass is 9.83. The number of carbonyl (C=O) groups excluding carboxylic acids is 15. The molecule has 11 amide bonds. The molecule has 0 aliphatic carbocycles. The monoisotopic (exact) mass is 2050 g/mol. The van der Waals surface area contributed by atoms with E-state index in [9.17, 15) is 71.9 Å². The number of hydrogen-bond donors (Lipinski definition) is 4. The van der Waals surface area contributed by atoms with Crippen LogP contribution in [-0.4, -0.2) is 340 Å². The number of ketones is 3. The first kappa shape index (κ1) is 120. The molecule has 4 N–H and O–H groups in total. The maximum atomic E-state index is 14.9. The zero-order valence-corrected chi connectivity index (χ0v) is 89.1. The molecule has 810 valence electrons. The van der Waals surface area contributed by atoms with E-state index >= 15 is 0 Å². The van der Waals surface area contributed by atoms with Crippen molar-refractivity contribution >= 4 is 106 Å². The van der Waals surface area contributed by atoms with Gasteiger partial charge >= 0.3 is 5.97 Å². The summed E-state index contributed by atoms with van der Waals surface area (Å²) < 4.78 is 58.3. The number of nitrogens with one attached hydrogen (secondary N) is 4. The van der Waals surface area contributed by atoms with Gasteiger partial charge in [0.15, 0.2) is 23.1 Å². The van der Waals surface area contributed by atoms with E-state index in [1.807, 2.05) is 108 Å². The number of ether oxygens (including phenoxy) is 10. The summed E-state index contributed by atoms with van der Waals surface area (Å²) >= 11 is 0. The van der Waals surface area contributed by atoms with Gasteiger partial charge in [-0.3, -0.25) is 76.9 Å². The van der Waals surface area contributed by atoms with Crippen LogP contribution in [0.5, 0.6) is 17.2 Å². The van der Waals surface area contributed by atoms with Crippen molar-refractivity contribution in [3.63, 3.8) is 0 Å². The number of Topliss-reactive ketones (excluding diaryl/α,β-unsaturated/α-hetero) is 3. The Morgan fingerprint density at radius 1 is 0.585 bits per heavy atom. The summed E-state index contributed by atoms with van der Waals surface area (Å²) in [6, 6.07) is 13.3. The van der Waals surface area contributed by atoms with Crippen molar-refractivity contribution < 1.29 is 119 Å². The SMILES string of the molecule is C#CC(=O)NCCCC(=O)N(CCC(=O)NCCOCCOCCC(=O)NC(C)C(=O)CCCCC(=O)N(C)[C@H](C(=O)C[C@H](C(=O)N(C)[C@@H]([C@@H](C)CC)[C@@H](CC(=O)N1CCC[C@H]1[C@H](OC)[C@@H](C)C(=O)C[C@@H](Cc1ccccc1)C(=O)OC)OC)C(C)C)C(C)C)CCC(=O)NCCOCCOCCC(=O)N1C[C@@H]2CC(=C)CN2C(=O)c2cc(OC)c(OCCCCCOc3cc4c(cc3C)C(=O)N3CC(=C)C[C@H]3C=N4)cc21. The minimum absolute atomic E-state index is 0.00391. The van der Waals surface area contributed by atoms with Gasteiger partial charge in [-0.05, 0) is 131 Å². The zero-order valence-electron chi connectivity index (χ0n) is 89.1. The topological polar surface area (TPSA) is 432 Å². The van der Waals surface area contributed by atoms with Gasteiger partial charge in [-0.2, -0.15) is 0 Å². The number of likely N-dealkylation sites (tertiary alicyclic amines) is 1.